The molecular weight excluding hydrogens is 712 g/mol. The average Bonchev–Trinajstić information content (AvgIpc) is 3.19. The molecule has 4 aliphatic rings. The highest BCUT2D eigenvalue weighted by molar-refractivity contribution is 6.33. The molecule has 11 nitrogen and oxygen atoms in total. The van der Waals surface area contributed by atoms with Crippen LogP contribution < -0.4 is 30.9 Å². The summed E-state index contributed by atoms with van der Waals surface area (Å²) in [6.07, 6.45) is 5.14. The number of aromatic nitrogens is 1. The van der Waals surface area contributed by atoms with Gasteiger partial charge < -0.3 is 29.5 Å². The van der Waals surface area contributed by atoms with Gasteiger partial charge in [0.25, 0.3) is 5.56 Å². The van der Waals surface area contributed by atoms with Gasteiger partial charge >= 0.3 is 0 Å². The van der Waals surface area contributed by atoms with Crippen LogP contribution in [0.25, 0.3) is 10.9 Å². The van der Waals surface area contributed by atoms with E-state index in [1.165, 1.54) is 5.56 Å². The molecule has 3 aromatic carbocycles. The molecule has 0 aliphatic carbocycles. The number of nitrogens with zero attached hydrogens (tertiary/aromatic N) is 6. The molecule has 55 heavy (non-hydrogen) atoms. The van der Waals surface area contributed by atoms with Crippen LogP contribution in [-0.2, 0) is 16.6 Å². The highest BCUT2D eigenvalue weighted by Gasteiger charge is 2.30. The van der Waals surface area contributed by atoms with Gasteiger partial charge in [0.2, 0.25) is 11.8 Å². The Hall–Kier alpha value is -5.05. The third-order valence-electron chi connectivity index (χ3n) is 12.3. The number of carbonyl (C=O) groups excluding carboxylic acids is 2. The number of benzene rings is 3. The number of aryl methyl sites for hydroxylation is 2. The van der Waals surface area contributed by atoms with Crippen molar-refractivity contribution in [1.82, 2.24) is 14.8 Å². The molecule has 286 valence electrons. The maximum atomic E-state index is 13.2. The number of hydrogen-bond donors (Lipinski definition) is 2. The standard InChI is InChI=1S/C43H49ClN8O3/c1-27-20-33-38(49(3)43(27)55)22-31(23-39(33)52-19-18-48(2)37-7-4-29(25-45)21-40(37)52)30-12-14-50(15-13-30)26-28-10-16-51(17-11-28)36-8-5-32(24-34(36)44)46-35-6-9-41(53)47-42(35)54/h4-5,7-8,20-24,28,30,35,46H,6,9-19,26H2,1-3H3,(H,47,53,54). The zero-order chi connectivity index (χ0) is 38.4. The minimum absolute atomic E-state index is 0.0306. The molecule has 3 fully saturated rings. The third kappa shape index (κ3) is 7.38. The summed E-state index contributed by atoms with van der Waals surface area (Å²) in [4.78, 5) is 46.5. The minimum atomic E-state index is -0.440. The van der Waals surface area contributed by atoms with Crippen LogP contribution >= 0.6 is 11.6 Å². The van der Waals surface area contributed by atoms with E-state index in [1.54, 1.807) is 0 Å². The molecule has 0 spiro atoms. The minimum Gasteiger partial charge on any atom is -0.374 e. The van der Waals surface area contributed by atoms with Crippen LogP contribution in [0.1, 0.15) is 61.1 Å². The fourth-order valence-electron chi connectivity index (χ4n) is 9.11. The first kappa shape index (κ1) is 36.9. The Bertz CT molecular complexity index is 2250. The van der Waals surface area contributed by atoms with Gasteiger partial charge in [0.15, 0.2) is 0 Å². The van der Waals surface area contributed by atoms with Crippen LogP contribution in [0.2, 0.25) is 5.02 Å². The second-order valence-electron chi connectivity index (χ2n) is 15.9. The number of imide groups is 1. The number of fused-ring (bicyclic) bond motifs is 2. The summed E-state index contributed by atoms with van der Waals surface area (Å²) in [5.41, 5.74) is 8.65. The largest absolute Gasteiger partial charge is 0.374 e. The van der Waals surface area contributed by atoms with Gasteiger partial charge in [-0.1, -0.05) is 11.6 Å². The third-order valence-corrected chi connectivity index (χ3v) is 12.6. The lowest BCUT2D eigenvalue weighted by Gasteiger charge is -2.39. The molecule has 4 aromatic rings. The molecule has 1 aromatic heterocycles. The monoisotopic (exact) mass is 760 g/mol. The van der Waals surface area contributed by atoms with Crippen LogP contribution in [0, 0.1) is 24.2 Å². The number of nitriles is 1. The van der Waals surface area contributed by atoms with E-state index in [0.29, 0.717) is 35.3 Å². The Kier molecular flexibility index (Phi) is 10.2. The van der Waals surface area contributed by atoms with Crippen LogP contribution in [-0.4, -0.2) is 80.2 Å². The summed E-state index contributed by atoms with van der Waals surface area (Å²) in [6, 6.07) is 20.4. The number of pyridine rings is 1. The fourth-order valence-corrected chi connectivity index (χ4v) is 9.41. The SMILES string of the molecule is Cc1cc2c(N3CCN(C)c4ccc(C#N)cc43)cc(C3CCN(CC4CCN(c5ccc(NC6CCC(=O)NC6=O)cc5Cl)CC4)CC3)cc2n(C)c1=O. The maximum absolute atomic E-state index is 13.2. The Labute approximate surface area is 327 Å². The summed E-state index contributed by atoms with van der Waals surface area (Å²) in [5.74, 6) is 0.499. The number of likely N-dealkylation sites (N-methyl/N-ethyl adjacent to an activating group) is 1. The number of carbonyl (C=O) groups is 2. The zero-order valence-electron chi connectivity index (χ0n) is 31.9. The lowest BCUT2D eigenvalue weighted by atomic mass is 9.87. The van der Waals surface area contributed by atoms with Gasteiger partial charge in [-0.05, 0) is 124 Å². The topological polar surface area (TPSA) is 117 Å². The second kappa shape index (κ2) is 15.2. The number of piperidine rings is 3. The molecular formula is C43H49ClN8O3. The van der Waals surface area contributed by atoms with Crippen molar-refractivity contribution in [2.45, 2.75) is 57.4 Å². The number of nitrogens with one attached hydrogen (secondary N) is 2. The first-order chi connectivity index (χ1) is 26.6. The van der Waals surface area contributed by atoms with Crippen molar-refractivity contribution in [3.8, 4) is 6.07 Å². The molecule has 0 saturated carbocycles. The zero-order valence-corrected chi connectivity index (χ0v) is 32.7. The van der Waals surface area contributed by atoms with E-state index in [2.05, 4.69) is 55.5 Å². The number of anilines is 5. The summed E-state index contributed by atoms with van der Waals surface area (Å²) >= 11 is 6.77. The number of rotatable bonds is 7. The predicted octanol–water partition coefficient (Wildman–Crippen LogP) is 6.27. The van der Waals surface area contributed by atoms with Crippen LogP contribution in [0.5, 0.6) is 0 Å². The summed E-state index contributed by atoms with van der Waals surface area (Å²) in [7, 11) is 3.98. The van der Waals surface area contributed by atoms with Crippen LogP contribution in [0.15, 0.2) is 59.4 Å². The van der Waals surface area contributed by atoms with Crippen molar-refractivity contribution in [2.24, 2.45) is 13.0 Å². The Balaban J connectivity index is 0.924. The Morgan fingerprint density at radius 1 is 0.836 bits per heavy atom. The van der Waals surface area contributed by atoms with E-state index in [-0.39, 0.29) is 17.4 Å². The molecule has 0 radical (unpaired) electrons. The molecule has 3 saturated heterocycles. The van der Waals surface area contributed by atoms with Gasteiger partial charge in [0.1, 0.15) is 6.04 Å². The Morgan fingerprint density at radius 3 is 2.33 bits per heavy atom. The molecule has 2 amide bonds. The van der Waals surface area contributed by atoms with Gasteiger partial charge in [-0.15, -0.1) is 0 Å². The predicted molar refractivity (Wildman–Crippen MR) is 220 cm³/mol. The first-order valence-electron chi connectivity index (χ1n) is 19.6. The molecule has 1 atom stereocenters. The van der Waals surface area contributed by atoms with Crippen LogP contribution in [0.3, 0.4) is 0 Å². The first-order valence-corrected chi connectivity index (χ1v) is 20.0. The van der Waals surface area contributed by atoms with Gasteiger partial charge in [-0.25, -0.2) is 0 Å². The van der Waals surface area contributed by atoms with Gasteiger partial charge in [-0.2, -0.15) is 5.26 Å². The van der Waals surface area contributed by atoms with E-state index in [0.717, 1.165) is 116 Å². The number of likely N-dealkylation sites (tertiary alicyclic amines) is 1. The van der Waals surface area contributed by atoms with Gasteiger partial charge in [0.05, 0.1) is 44.9 Å². The molecule has 2 N–H and O–H groups in total. The maximum Gasteiger partial charge on any atom is 0.253 e. The quantitative estimate of drug-likeness (QED) is 0.210. The average molecular weight is 761 g/mol. The van der Waals surface area contributed by atoms with E-state index < -0.39 is 6.04 Å². The molecule has 4 aliphatic heterocycles. The van der Waals surface area contributed by atoms with E-state index >= 15 is 0 Å². The van der Waals surface area contributed by atoms with Crippen molar-refractivity contribution >= 4 is 62.8 Å². The molecule has 8 rings (SSSR count). The Morgan fingerprint density at radius 2 is 1.60 bits per heavy atom. The summed E-state index contributed by atoms with van der Waals surface area (Å²) in [6.45, 7) is 8.62. The molecule has 5 heterocycles. The van der Waals surface area contributed by atoms with Crippen molar-refractivity contribution in [2.75, 3.05) is 72.9 Å². The molecule has 1 unspecified atom stereocenters. The van der Waals surface area contributed by atoms with Crippen molar-refractivity contribution < 1.29 is 9.59 Å². The normalized spacial score (nSPS) is 20.1. The number of amides is 2. The lowest BCUT2D eigenvalue weighted by Crippen LogP contribution is -2.47. The number of halogens is 1. The molecule has 0 bridgehead atoms. The van der Waals surface area contributed by atoms with Crippen LogP contribution in [0.4, 0.5) is 28.4 Å². The second-order valence-corrected chi connectivity index (χ2v) is 16.3. The van der Waals surface area contributed by atoms with Crippen molar-refractivity contribution in [3.05, 3.63) is 86.7 Å². The van der Waals surface area contributed by atoms with E-state index in [4.69, 9.17) is 11.6 Å². The van der Waals surface area contributed by atoms with Crippen molar-refractivity contribution in [1.29, 1.82) is 5.26 Å². The van der Waals surface area contributed by atoms with E-state index in [9.17, 15) is 19.6 Å². The molecule has 12 heteroatoms. The summed E-state index contributed by atoms with van der Waals surface area (Å²) in [5, 5.41) is 17.1. The smallest absolute Gasteiger partial charge is 0.253 e. The fraction of sp³-hybridized carbons (Fsp3) is 0.442. The highest BCUT2D eigenvalue weighted by atomic mass is 35.5. The lowest BCUT2D eigenvalue weighted by molar-refractivity contribution is -0.133. The van der Waals surface area contributed by atoms with E-state index in [1.807, 2.05) is 61.0 Å². The highest BCUT2D eigenvalue weighted by Crippen LogP contribution is 2.43. The van der Waals surface area contributed by atoms with Gasteiger partial charge in [0, 0.05) is 69.9 Å². The number of hydrogen-bond acceptors (Lipinski definition) is 9. The van der Waals surface area contributed by atoms with Crippen molar-refractivity contribution in [3.63, 3.8) is 0 Å². The van der Waals surface area contributed by atoms with Gasteiger partial charge in [-0.3, -0.25) is 19.7 Å². The summed E-state index contributed by atoms with van der Waals surface area (Å²) < 4.78 is 1.81.